The lowest BCUT2D eigenvalue weighted by molar-refractivity contribution is -0.130. The maximum Gasteiger partial charge on any atom is 0.224 e. The Labute approximate surface area is 156 Å². The van der Waals surface area contributed by atoms with E-state index in [9.17, 15) is 9.90 Å². The molecule has 2 atom stereocenters. The first-order chi connectivity index (χ1) is 12.5. The highest BCUT2D eigenvalue weighted by atomic mass is 16.3. The molecule has 2 fully saturated rings. The number of aliphatic hydroxyl groups excluding tert-OH is 1. The minimum atomic E-state index is 0.167. The standard InChI is InChI=1S/C19H33N5O2/c1-16-10-20-24(11-16)7-4-19(26)23-13-17(18(14-23)15-25)12-22-6-3-5-21(2)8-9-22/h10-11,17-18,25H,3-9,12-15H2,1-2H3/t17-,18-/m1/s1. The summed E-state index contributed by atoms with van der Waals surface area (Å²) in [5.74, 6) is 0.751. The number of aryl methyl sites for hydroxylation is 2. The third-order valence-corrected chi connectivity index (χ3v) is 5.79. The summed E-state index contributed by atoms with van der Waals surface area (Å²) >= 11 is 0. The number of carbonyl (C=O) groups is 1. The quantitative estimate of drug-likeness (QED) is 0.787. The predicted molar refractivity (Wildman–Crippen MR) is 101 cm³/mol. The van der Waals surface area contributed by atoms with Gasteiger partial charge in [0.05, 0.1) is 6.20 Å². The van der Waals surface area contributed by atoms with Gasteiger partial charge in [-0.25, -0.2) is 0 Å². The third kappa shape index (κ3) is 5.05. The van der Waals surface area contributed by atoms with E-state index in [1.807, 2.05) is 28.9 Å². The molecule has 0 saturated carbocycles. The van der Waals surface area contributed by atoms with E-state index in [0.29, 0.717) is 25.4 Å². The van der Waals surface area contributed by atoms with Gasteiger partial charge in [-0.05, 0) is 45.0 Å². The highest BCUT2D eigenvalue weighted by Gasteiger charge is 2.35. The van der Waals surface area contributed by atoms with Crippen molar-refractivity contribution >= 4 is 5.91 Å². The van der Waals surface area contributed by atoms with Crippen LogP contribution in [0.25, 0.3) is 0 Å². The van der Waals surface area contributed by atoms with Crippen LogP contribution in [0, 0.1) is 18.8 Å². The van der Waals surface area contributed by atoms with Crippen molar-refractivity contribution in [3.05, 3.63) is 18.0 Å². The summed E-state index contributed by atoms with van der Waals surface area (Å²) in [7, 11) is 2.18. The van der Waals surface area contributed by atoms with Gasteiger partial charge in [-0.2, -0.15) is 5.10 Å². The normalized spacial score (nSPS) is 25.6. The summed E-state index contributed by atoms with van der Waals surface area (Å²) in [6.07, 6.45) is 5.45. The van der Waals surface area contributed by atoms with E-state index >= 15 is 0 Å². The highest BCUT2D eigenvalue weighted by molar-refractivity contribution is 5.76. The zero-order chi connectivity index (χ0) is 18.5. The van der Waals surface area contributed by atoms with Gasteiger partial charge in [-0.15, -0.1) is 0 Å². The van der Waals surface area contributed by atoms with Crippen LogP contribution in [0.3, 0.4) is 0 Å². The number of aromatic nitrogens is 2. The molecule has 7 heteroatoms. The van der Waals surface area contributed by atoms with Gasteiger partial charge in [-0.3, -0.25) is 9.48 Å². The fourth-order valence-electron chi connectivity index (χ4n) is 4.13. The zero-order valence-electron chi connectivity index (χ0n) is 16.2. The second kappa shape index (κ2) is 8.97. The molecule has 0 radical (unpaired) electrons. The van der Waals surface area contributed by atoms with Crippen LogP contribution in [0.2, 0.25) is 0 Å². The van der Waals surface area contributed by atoms with Crippen LogP contribution in [-0.2, 0) is 11.3 Å². The van der Waals surface area contributed by atoms with Crippen LogP contribution < -0.4 is 0 Å². The van der Waals surface area contributed by atoms with E-state index in [-0.39, 0.29) is 18.4 Å². The van der Waals surface area contributed by atoms with E-state index in [4.69, 9.17) is 0 Å². The van der Waals surface area contributed by atoms with E-state index in [2.05, 4.69) is 21.9 Å². The van der Waals surface area contributed by atoms with Crippen LogP contribution in [0.1, 0.15) is 18.4 Å². The SMILES string of the molecule is Cc1cnn(CCC(=O)N2C[C@@H](CN3CCCN(C)CC3)[C@@H](CO)C2)c1. The molecule has 3 heterocycles. The first-order valence-corrected chi connectivity index (χ1v) is 9.83. The Morgan fingerprint density at radius 3 is 2.77 bits per heavy atom. The number of hydrogen-bond acceptors (Lipinski definition) is 5. The maximum atomic E-state index is 12.6. The Morgan fingerprint density at radius 2 is 2.04 bits per heavy atom. The minimum absolute atomic E-state index is 0.167. The van der Waals surface area contributed by atoms with E-state index in [1.165, 1.54) is 6.42 Å². The molecule has 7 nitrogen and oxygen atoms in total. The maximum absolute atomic E-state index is 12.6. The summed E-state index contributed by atoms with van der Waals surface area (Å²) < 4.78 is 1.83. The number of likely N-dealkylation sites (tertiary alicyclic amines) is 1. The number of aliphatic hydroxyl groups is 1. The summed E-state index contributed by atoms with van der Waals surface area (Å²) in [5.41, 5.74) is 1.11. The Kier molecular flexibility index (Phi) is 6.67. The van der Waals surface area contributed by atoms with Crippen LogP contribution in [0.5, 0.6) is 0 Å². The molecule has 0 aliphatic carbocycles. The molecule has 1 amide bonds. The molecule has 2 aliphatic rings. The van der Waals surface area contributed by atoms with E-state index in [0.717, 1.165) is 44.8 Å². The Bertz CT molecular complexity index is 590. The number of nitrogens with zero attached hydrogens (tertiary/aromatic N) is 5. The number of hydrogen-bond donors (Lipinski definition) is 1. The number of amides is 1. The molecule has 2 aliphatic heterocycles. The summed E-state index contributed by atoms with van der Waals surface area (Å²) in [4.78, 5) is 19.4. The Balaban J connectivity index is 1.50. The predicted octanol–water partition coefficient (Wildman–Crippen LogP) is 0.286. The monoisotopic (exact) mass is 363 g/mol. The lowest BCUT2D eigenvalue weighted by Crippen LogP contribution is -2.36. The summed E-state index contributed by atoms with van der Waals surface area (Å²) in [5, 5.41) is 14.0. The van der Waals surface area contributed by atoms with Crippen molar-refractivity contribution in [1.82, 2.24) is 24.5 Å². The molecule has 0 unspecified atom stereocenters. The van der Waals surface area contributed by atoms with Crippen LogP contribution >= 0.6 is 0 Å². The molecular formula is C19H33N5O2. The minimum Gasteiger partial charge on any atom is -0.396 e. The fourth-order valence-corrected chi connectivity index (χ4v) is 4.13. The second-order valence-electron chi connectivity index (χ2n) is 7.99. The molecule has 0 spiro atoms. The fraction of sp³-hybridized carbons (Fsp3) is 0.789. The number of carbonyl (C=O) groups excluding carboxylic acids is 1. The largest absolute Gasteiger partial charge is 0.396 e. The smallest absolute Gasteiger partial charge is 0.224 e. The van der Waals surface area contributed by atoms with Gasteiger partial charge in [-0.1, -0.05) is 0 Å². The first-order valence-electron chi connectivity index (χ1n) is 9.83. The van der Waals surface area contributed by atoms with Crippen LogP contribution in [-0.4, -0.2) is 95.0 Å². The molecule has 146 valence electrons. The van der Waals surface area contributed by atoms with Gasteiger partial charge >= 0.3 is 0 Å². The molecule has 1 aromatic rings. The molecule has 0 aromatic carbocycles. The lowest BCUT2D eigenvalue weighted by atomic mass is 9.96. The van der Waals surface area contributed by atoms with Crippen molar-refractivity contribution in [3.8, 4) is 0 Å². The number of likely N-dealkylation sites (N-methyl/N-ethyl adjacent to an activating group) is 1. The summed E-state index contributed by atoms with van der Waals surface area (Å²) in [6, 6.07) is 0. The van der Waals surface area contributed by atoms with Gasteiger partial charge in [0, 0.05) is 64.4 Å². The van der Waals surface area contributed by atoms with Crippen LogP contribution in [0.4, 0.5) is 0 Å². The summed E-state index contributed by atoms with van der Waals surface area (Å²) in [6.45, 7) is 9.69. The molecule has 0 bridgehead atoms. The average molecular weight is 364 g/mol. The van der Waals surface area contributed by atoms with Gasteiger partial charge in [0.15, 0.2) is 0 Å². The van der Waals surface area contributed by atoms with Crippen molar-refractivity contribution < 1.29 is 9.90 Å². The number of rotatable bonds is 6. The van der Waals surface area contributed by atoms with Gasteiger partial charge < -0.3 is 19.8 Å². The topological polar surface area (TPSA) is 64.8 Å². The van der Waals surface area contributed by atoms with Crippen LogP contribution in [0.15, 0.2) is 12.4 Å². The molecule has 1 aromatic heterocycles. The first kappa shape index (κ1) is 19.3. The van der Waals surface area contributed by atoms with Crippen molar-refractivity contribution in [2.24, 2.45) is 11.8 Å². The van der Waals surface area contributed by atoms with E-state index in [1.54, 1.807) is 0 Å². The average Bonchev–Trinajstić information content (AvgIpc) is 3.17. The second-order valence-corrected chi connectivity index (χ2v) is 7.99. The molecule has 2 saturated heterocycles. The van der Waals surface area contributed by atoms with Gasteiger partial charge in [0.2, 0.25) is 5.91 Å². The van der Waals surface area contributed by atoms with Crippen molar-refractivity contribution in [3.63, 3.8) is 0 Å². The Hall–Kier alpha value is -1.44. The molecule has 1 N–H and O–H groups in total. The van der Waals surface area contributed by atoms with E-state index < -0.39 is 0 Å². The van der Waals surface area contributed by atoms with Crippen molar-refractivity contribution in [1.29, 1.82) is 0 Å². The van der Waals surface area contributed by atoms with Crippen molar-refractivity contribution in [2.45, 2.75) is 26.3 Å². The molecule has 3 rings (SSSR count). The van der Waals surface area contributed by atoms with Crippen molar-refractivity contribution in [2.75, 3.05) is 59.5 Å². The molecular weight excluding hydrogens is 330 g/mol. The molecule has 26 heavy (non-hydrogen) atoms. The Morgan fingerprint density at radius 1 is 1.23 bits per heavy atom. The van der Waals surface area contributed by atoms with Gasteiger partial charge in [0.1, 0.15) is 0 Å². The third-order valence-electron chi connectivity index (χ3n) is 5.79. The highest BCUT2D eigenvalue weighted by Crippen LogP contribution is 2.25. The lowest BCUT2D eigenvalue weighted by Gasteiger charge is -2.26. The zero-order valence-corrected chi connectivity index (χ0v) is 16.2. The van der Waals surface area contributed by atoms with Gasteiger partial charge in [0.25, 0.3) is 0 Å².